The van der Waals surface area contributed by atoms with Gasteiger partial charge >= 0.3 is 0 Å². The zero-order chi connectivity index (χ0) is 18.4. The number of carbonyl (C=O) groups excluding carboxylic acids is 1. The number of ether oxygens (including phenoxy) is 1. The number of anilines is 1. The molecule has 5 heteroatoms. The Balaban J connectivity index is 1.82. The van der Waals surface area contributed by atoms with E-state index >= 15 is 0 Å². The molecule has 0 aliphatic carbocycles. The third-order valence-corrected chi connectivity index (χ3v) is 4.21. The highest BCUT2D eigenvalue weighted by molar-refractivity contribution is 5.86. The van der Waals surface area contributed by atoms with Crippen LogP contribution in [-0.2, 0) is 13.0 Å². The molecule has 1 N–H and O–H groups in total. The highest BCUT2D eigenvalue weighted by Gasteiger charge is 2.22. The fourth-order valence-corrected chi connectivity index (χ4v) is 2.89. The Morgan fingerprint density at radius 3 is 3.15 bits per heavy atom. The first-order chi connectivity index (χ1) is 12.7. The molecule has 0 radical (unpaired) electrons. The van der Waals surface area contributed by atoms with Crippen molar-refractivity contribution in [2.45, 2.75) is 19.9 Å². The molecule has 0 fully saturated rings. The molecule has 132 valence electrons. The molecular weight excluding hydrogens is 326 g/mol. The van der Waals surface area contributed by atoms with E-state index in [1.807, 2.05) is 37.4 Å². The number of carbonyl (C=O) groups is 1. The highest BCUT2D eigenvalue weighted by Crippen LogP contribution is 2.37. The highest BCUT2D eigenvalue weighted by atomic mass is 16.5. The van der Waals surface area contributed by atoms with Crippen molar-refractivity contribution in [1.82, 2.24) is 4.98 Å². The number of allylic oxidation sites excluding steroid dienone is 2. The number of benzene rings is 1. The number of aromatic nitrogens is 1. The average molecular weight is 347 g/mol. The van der Waals surface area contributed by atoms with E-state index < -0.39 is 0 Å². The van der Waals surface area contributed by atoms with Gasteiger partial charge in [-0.25, -0.2) is 4.98 Å². The van der Waals surface area contributed by atoms with E-state index in [1.165, 1.54) is 6.20 Å². The largest absolute Gasteiger partial charge is 0.492 e. The third-order valence-electron chi connectivity index (χ3n) is 4.21. The molecule has 1 aromatic carbocycles. The van der Waals surface area contributed by atoms with E-state index in [2.05, 4.69) is 21.9 Å². The fraction of sp³-hybridized carbons (Fsp3) is 0.190. The minimum Gasteiger partial charge on any atom is -0.492 e. The maximum atomic E-state index is 10.9. The number of hydrogen-bond donors (Lipinski definition) is 1. The van der Waals surface area contributed by atoms with E-state index in [4.69, 9.17) is 4.74 Å². The van der Waals surface area contributed by atoms with Crippen molar-refractivity contribution in [1.29, 1.82) is 0 Å². The lowest BCUT2D eigenvalue weighted by Gasteiger charge is -2.13. The smallest absolute Gasteiger partial charge is 0.150 e. The molecule has 0 unspecified atom stereocenters. The summed E-state index contributed by atoms with van der Waals surface area (Å²) in [7, 11) is 0. The van der Waals surface area contributed by atoms with Crippen LogP contribution in [0.3, 0.4) is 0 Å². The molecule has 1 aliphatic heterocycles. The first-order valence-electron chi connectivity index (χ1n) is 8.47. The second kappa shape index (κ2) is 8.25. The molecule has 1 aliphatic rings. The van der Waals surface area contributed by atoms with Gasteiger partial charge < -0.3 is 10.1 Å². The zero-order valence-electron chi connectivity index (χ0n) is 14.7. The summed E-state index contributed by atoms with van der Waals surface area (Å²) in [6.45, 7) is 6.82. The van der Waals surface area contributed by atoms with E-state index in [-0.39, 0.29) is 0 Å². The Labute approximate surface area is 153 Å². The van der Waals surface area contributed by atoms with Gasteiger partial charge in [-0.15, -0.1) is 0 Å². The molecule has 0 bridgehead atoms. The number of rotatable bonds is 7. The van der Waals surface area contributed by atoms with Crippen LogP contribution in [0.1, 0.15) is 34.0 Å². The van der Waals surface area contributed by atoms with E-state index in [0.717, 1.165) is 46.5 Å². The summed E-state index contributed by atoms with van der Waals surface area (Å²) in [4.78, 5) is 19.5. The molecule has 1 aromatic heterocycles. The van der Waals surface area contributed by atoms with Gasteiger partial charge in [-0.2, -0.15) is 0 Å². The van der Waals surface area contributed by atoms with Crippen LogP contribution >= 0.6 is 0 Å². The van der Waals surface area contributed by atoms with Gasteiger partial charge in [0.25, 0.3) is 0 Å². The number of aliphatic imine (C=N–C) groups is 1. The lowest BCUT2D eigenvalue weighted by atomic mass is 10.0. The van der Waals surface area contributed by atoms with E-state index in [9.17, 15) is 4.79 Å². The Kier molecular flexibility index (Phi) is 5.59. The average Bonchev–Trinajstić information content (AvgIpc) is 3.16. The number of nitrogens with one attached hydrogen (secondary N) is 1. The van der Waals surface area contributed by atoms with Crippen molar-refractivity contribution < 1.29 is 9.53 Å². The van der Waals surface area contributed by atoms with Crippen LogP contribution < -0.4 is 10.1 Å². The van der Waals surface area contributed by atoms with E-state index in [0.29, 0.717) is 18.7 Å². The second-order valence-electron chi connectivity index (χ2n) is 5.97. The second-order valence-corrected chi connectivity index (χ2v) is 5.97. The van der Waals surface area contributed by atoms with Crippen LogP contribution in [-0.4, -0.2) is 24.1 Å². The molecule has 2 aromatic rings. The standard InChI is InChI=1S/C21H21N3O2/c1-3-22-9-7-15(2)19-13-24-21(18-8-10-26-20(18)19)23-12-16-5-4-6-17(11-16)14-25/h3-7,9,11,13-14H,1,8,10,12H2,2H3,(H,23,24)/b15-7+,22-9?. The quantitative estimate of drug-likeness (QED) is 0.606. The van der Waals surface area contributed by atoms with Crippen molar-refractivity contribution >= 4 is 23.9 Å². The predicted molar refractivity (Wildman–Crippen MR) is 105 cm³/mol. The number of pyridine rings is 1. The SMILES string of the molecule is C=CN=C/C=C(\C)c1cnc(NCc2cccc(C=O)c2)c2c1OCC2. The van der Waals surface area contributed by atoms with Crippen LogP contribution in [0.4, 0.5) is 5.82 Å². The topological polar surface area (TPSA) is 63.6 Å². The summed E-state index contributed by atoms with van der Waals surface area (Å²) in [5.74, 6) is 1.70. The Hall–Kier alpha value is -3.21. The fourth-order valence-electron chi connectivity index (χ4n) is 2.89. The van der Waals surface area contributed by atoms with Gasteiger partial charge in [0.2, 0.25) is 0 Å². The van der Waals surface area contributed by atoms with Gasteiger partial charge in [0.15, 0.2) is 0 Å². The number of hydrogen-bond acceptors (Lipinski definition) is 5. The molecule has 0 saturated carbocycles. The van der Waals surface area contributed by atoms with Crippen LogP contribution in [0, 0.1) is 0 Å². The number of fused-ring (bicyclic) bond motifs is 1. The maximum absolute atomic E-state index is 10.9. The Morgan fingerprint density at radius 2 is 2.35 bits per heavy atom. The molecule has 0 spiro atoms. The zero-order valence-corrected chi connectivity index (χ0v) is 14.7. The van der Waals surface area contributed by atoms with Gasteiger partial charge in [-0.05, 0) is 30.2 Å². The lowest BCUT2D eigenvalue weighted by molar-refractivity contribution is 0.112. The minimum atomic E-state index is 0.598. The van der Waals surface area contributed by atoms with Crippen LogP contribution in [0.15, 0.2) is 54.3 Å². The first-order valence-corrected chi connectivity index (χ1v) is 8.47. The van der Waals surface area contributed by atoms with Gasteiger partial charge in [-0.1, -0.05) is 24.8 Å². The van der Waals surface area contributed by atoms with Crippen molar-refractivity contribution in [3.63, 3.8) is 0 Å². The molecule has 5 nitrogen and oxygen atoms in total. The summed E-state index contributed by atoms with van der Waals surface area (Å²) in [5, 5.41) is 3.36. The molecule has 0 amide bonds. The Bertz CT molecular complexity index is 885. The minimum absolute atomic E-state index is 0.598. The van der Waals surface area contributed by atoms with Crippen molar-refractivity contribution in [2.24, 2.45) is 4.99 Å². The first kappa shape index (κ1) is 17.6. The summed E-state index contributed by atoms with van der Waals surface area (Å²) in [5.41, 5.74) is 4.79. The summed E-state index contributed by atoms with van der Waals surface area (Å²) in [6.07, 6.45) is 8.61. The molecule has 3 rings (SSSR count). The molecule has 2 heterocycles. The van der Waals surface area contributed by atoms with Gasteiger partial charge in [-0.3, -0.25) is 9.79 Å². The van der Waals surface area contributed by atoms with Crippen LogP contribution in [0.5, 0.6) is 5.75 Å². The summed E-state index contributed by atoms with van der Waals surface area (Å²) < 4.78 is 5.85. The summed E-state index contributed by atoms with van der Waals surface area (Å²) in [6, 6.07) is 7.53. The number of nitrogens with zero attached hydrogens (tertiary/aromatic N) is 2. The molecule has 0 atom stereocenters. The maximum Gasteiger partial charge on any atom is 0.150 e. The predicted octanol–water partition coefficient (Wildman–Crippen LogP) is 4.06. The van der Waals surface area contributed by atoms with Gasteiger partial charge in [0, 0.05) is 48.3 Å². The van der Waals surface area contributed by atoms with E-state index in [1.54, 1.807) is 12.3 Å². The number of aldehydes is 1. The monoisotopic (exact) mass is 347 g/mol. The molecule has 26 heavy (non-hydrogen) atoms. The normalized spacial score (nSPS) is 13.3. The van der Waals surface area contributed by atoms with Crippen molar-refractivity contribution in [2.75, 3.05) is 11.9 Å². The molecule has 0 saturated heterocycles. The van der Waals surface area contributed by atoms with Crippen molar-refractivity contribution in [3.8, 4) is 5.75 Å². The van der Waals surface area contributed by atoms with Gasteiger partial charge in [0.1, 0.15) is 17.9 Å². The van der Waals surface area contributed by atoms with Crippen LogP contribution in [0.2, 0.25) is 0 Å². The Morgan fingerprint density at radius 1 is 1.46 bits per heavy atom. The van der Waals surface area contributed by atoms with Gasteiger partial charge in [0.05, 0.1) is 6.61 Å². The lowest BCUT2D eigenvalue weighted by Crippen LogP contribution is -2.05. The third kappa shape index (κ3) is 3.88. The van der Waals surface area contributed by atoms with Crippen LogP contribution in [0.25, 0.3) is 5.57 Å². The summed E-state index contributed by atoms with van der Waals surface area (Å²) >= 11 is 0. The molecular formula is C21H21N3O2. The van der Waals surface area contributed by atoms with Crippen molar-refractivity contribution in [3.05, 3.63) is 71.6 Å².